The molecule has 1 aromatic heterocycles. The molecule has 1 atom stereocenters. The van der Waals surface area contributed by atoms with Crippen molar-refractivity contribution in [1.82, 2.24) is 4.90 Å². The molecule has 2 aliphatic heterocycles. The smallest absolute Gasteiger partial charge is 0.308 e. The van der Waals surface area contributed by atoms with Gasteiger partial charge in [0.2, 0.25) is 0 Å². The molecule has 1 saturated heterocycles. The fourth-order valence-corrected chi connectivity index (χ4v) is 4.89. The number of carbonyl (C=O) groups excluding carboxylic acids is 1. The Morgan fingerprint density at radius 2 is 2.26 bits per heavy atom. The second-order valence-electron chi connectivity index (χ2n) is 4.94. The Hall–Kier alpha value is -1.01. The lowest BCUT2D eigenvalue weighted by Gasteiger charge is -2.14. The molecule has 0 bridgehead atoms. The molecular formula is C13H15NO3S2. The summed E-state index contributed by atoms with van der Waals surface area (Å²) in [6.07, 6.45) is 1.62. The largest absolute Gasteiger partial charge is 0.481 e. The minimum absolute atomic E-state index is 0.00755. The molecule has 102 valence electrons. The van der Waals surface area contributed by atoms with Gasteiger partial charge in [-0.05, 0) is 30.2 Å². The molecule has 1 fully saturated rings. The normalized spacial score (nSPS) is 22.3. The van der Waals surface area contributed by atoms with Gasteiger partial charge in [0.05, 0.1) is 10.8 Å². The minimum atomic E-state index is -0.794. The van der Waals surface area contributed by atoms with Gasteiger partial charge in [-0.1, -0.05) is 0 Å². The van der Waals surface area contributed by atoms with E-state index in [1.54, 1.807) is 16.2 Å². The van der Waals surface area contributed by atoms with Crippen LogP contribution < -0.4 is 0 Å². The average molecular weight is 297 g/mol. The third kappa shape index (κ3) is 2.51. The quantitative estimate of drug-likeness (QED) is 0.908. The third-order valence-electron chi connectivity index (χ3n) is 3.66. The van der Waals surface area contributed by atoms with Crippen molar-refractivity contribution in [3.63, 3.8) is 0 Å². The van der Waals surface area contributed by atoms with Crippen LogP contribution in [-0.4, -0.2) is 40.7 Å². The van der Waals surface area contributed by atoms with Crippen LogP contribution in [0.4, 0.5) is 0 Å². The summed E-state index contributed by atoms with van der Waals surface area (Å²) in [6, 6.07) is 2.00. The first-order chi connectivity index (χ1) is 9.15. The molecule has 3 rings (SSSR count). The van der Waals surface area contributed by atoms with E-state index in [1.165, 1.54) is 10.4 Å². The van der Waals surface area contributed by atoms with Gasteiger partial charge in [-0.25, -0.2) is 0 Å². The van der Waals surface area contributed by atoms with Crippen molar-refractivity contribution in [1.29, 1.82) is 0 Å². The summed E-state index contributed by atoms with van der Waals surface area (Å²) >= 11 is 3.49. The van der Waals surface area contributed by atoms with Crippen LogP contribution in [0.1, 0.15) is 26.5 Å². The summed E-state index contributed by atoms with van der Waals surface area (Å²) in [5.74, 6) is 0.947. The maximum absolute atomic E-state index is 12.4. The highest BCUT2D eigenvalue weighted by Crippen LogP contribution is 2.33. The molecule has 0 saturated carbocycles. The number of hydrogen-bond donors (Lipinski definition) is 1. The topological polar surface area (TPSA) is 57.6 Å². The van der Waals surface area contributed by atoms with Crippen LogP contribution >= 0.6 is 23.1 Å². The van der Waals surface area contributed by atoms with E-state index < -0.39 is 11.9 Å². The van der Waals surface area contributed by atoms with Crippen LogP contribution in [0.2, 0.25) is 0 Å². The fourth-order valence-electron chi connectivity index (χ4n) is 2.55. The summed E-state index contributed by atoms with van der Waals surface area (Å²) < 4.78 is 0. The minimum Gasteiger partial charge on any atom is -0.481 e. The second-order valence-corrected chi connectivity index (χ2v) is 7.18. The van der Waals surface area contributed by atoms with Crippen molar-refractivity contribution >= 4 is 35.0 Å². The van der Waals surface area contributed by atoms with E-state index in [2.05, 4.69) is 0 Å². The third-order valence-corrected chi connectivity index (χ3v) is 5.90. The molecule has 6 heteroatoms. The van der Waals surface area contributed by atoms with Crippen molar-refractivity contribution in [2.45, 2.75) is 18.6 Å². The van der Waals surface area contributed by atoms with Crippen LogP contribution in [0.5, 0.6) is 0 Å². The Kier molecular flexibility index (Phi) is 3.54. The number of thioether (sulfide) groups is 1. The number of hydrogen-bond acceptors (Lipinski definition) is 4. The lowest BCUT2D eigenvalue weighted by atomic mass is 10.1. The first-order valence-electron chi connectivity index (χ1n) is 6.36. The molecule has 4 nitrogen and oxygen atoms in total. The van der Waals surface area contributed by atoms with Crippen LogP contribution in [0.15, 0.2) is 6.07 Å². The highest BCUT2D eigenvalue weighted by Gasteiger charge is 2.32. The summed E-state index contributed by atoms with van der Waals surface area (Å²) in [5.41, 5.74) is 1.29. The average Bonchev–Trinajstić information content (AvgIpc) is 3.04. The standard InChI is InChI=1S/C13H15NO3S2/c15-12(14-3-1-8(6-14)13(16)17)11-5-9-7-18-4-2-10(9)19-11/h5,8H,1-4,6-7H2,(H,16,17). The molecule has 1 unspecified atom stereocenters. The van der Waals surface area contributed by atoms with E-state index in [4.69, 9.17) is 5.11 Å². The number of nitrogens with zero attached hydrogens (tertiary/aromatic N) is 1. The van der Waals surface area contributed by atoms with Crippen LogP contribution in [-0.2, 0) is 17.0 Å². The van der Waals surface area contributed by atoms with Crippen molar-refractivity contribution in [2.24, 2.45) is 5.92 Å². The molecule has 1 aromatic rings. The maximum atomic E-state index is 12.4. The van der Waals surface area contributed by atoms with E-state index in [0.29, 0.717) is 19.5 Å². The molecular weight excluding hydrogens is 282 g/mol. The first kappa shape index (κ1) is 13.0. The zero-order valence-corrected chi connectivity index (χ0v) is 12.1. The number of likely N-dealkylation sites (tertiary alicyclic amines) is 1. The van der Waals surface area contributed by atoms with E-state index in [1.807, 2.05) is 17.8 Å². The Morgan fingerprint density at radius 1 is 1.42 bits per heavy atom. The number of amides is 1. The molecule has 2 aliphatic rings. The molecule has 1 amide bonds. The number of rotatable bonds is 2. The maximum Gasteiger partial charge on any atom is 0.308 e. The lowest BCUT2D eigenvalue weighted by Crippen LogP contribution is -2.29. The predicted molar refractivity (Wildman–Crippen MR) is 75.8 cm³/mol. The number of aryl methyl sites for hydroxylation is 1. The zero-order valence-electron chi connectivity index (χ0n) is 10.4. The van der Waals surface area contributed by atoms with Gasteiger partial charge in [-0.15, -0.1) is 11.3 Å². The van der Waals surface area contributed by atoms with Crippen LogP contribution in [0.3, 0.4) is 0 Å². The van der Waals surface area contributed by atoms with Gasteiger partial charge in [0.15, 0.2) is 0 Å². The molecule has 0 radical (unpaired) electrons. The van der Waals surface area contributed by atoms with Crippen LogP contribution in [0, 0.1) is 5.92 Å². The number of fused-ring (bicyclic) bond motifs is 1. The zero-order chi connectivity index (χ0) is 13.4. The molecule has 0 spiro atoms. The number of carboxylic acid groups (broad SMARTS) is 1. The summed E-state index contributed by atoms with van der Waals surface area (Å²) in [4.78, 5) is 27.1. The van der Waals surface area contributed by atoms with Crippen molar-refractivity contribution in [3.05, 3.63) is 21.4 Å². The van der Waals surface area contributed by atoms with Gasteiger partial charge in [0.1, 0.15) is 0 Å². The number of carboxylic acids is 1. The number of thiophene rings is 1. The van der Waals surface area contributed by atoms with Gasteiger partial charge < -0.3 is 10.0 Å². The Balaban J connectivity index is 1.74. The monoisotopic (exact) mass is 297 g/mol. The predicted octanol–water partition coefficient (Wildman–Crippen LogP) is 2.08. The van der Waals surface area contributed by atoms with Gasteiger partial charge in [-0.3, -0.25) is 9.59 Å². The summed E-state index contributed by atoms with van der Waals surface area (Å²) in [6.45, 7) is 0.915. The summed E-state index contributed by atoms with van der Waals surface area (Å²) in [7, 11) is 0. The first-order valence-corrected chi connectivity index (χ1v) is 8.33. The highest BCUT2D eigenvalue weighted by molar-refractivity contribution is 7.98. The van der Waals surface area contributed by atoms with Gasteiger partial charge in [0, 0.05) is 23.7 Å². The van der Waals surface area contributed by atoms with Crippen LogP contribution in [0.25, 0.3) is 0 Å². The van der Waals surface area contributed by atoms with Crippen molar-refractivity contribution < 1.29 is 14.7 Å². The van der Waals surface area contributed by atoms with Gasteiger partial charge >= 0.3 is 5.97 Å². The van der Waals surface area contributed by atoms with E-state index in [0.717, 1.165) is 22.8 Å². The molecule has 1 N–H and O–H groups in total. The lowest BCUT2D eigenvalue weighted by molar-refractivity contribution is -0.141. The van der Waals surface area contributed by atoms with Gasteiger partial charge in [0.25, 0.3) is 5.91 Å². The van der Waals surface area contributed by atoms with E-state index in [9.17, 15) is 9.59 Å². The second kappa shape index (κ2) is 5.17. The SMILES string of the molecule is O=C(O)C1CCN(C(=O)c2cc3c(s2)CCSC3)C1. The highest BCUT2D eigenvalue weighted by atomic mass is 32.2. The molecule has 0 aliphatic carbocycles. The summed E-state index contributed by atoms with van der Waals surface area (Å²) in [5, 5.41) is 8.98. The van der Waals surface area contributed by atoms with Crippen molar-refractivity contribution in [2.75, 3.05) is 18.8 Å². The Bertz CT molecular complexity index is 502. The van der Waals surface area contributed by atoms with Crippen molar-refractivity contribution in [3.8, 4) is 0 Å². The van der Waals surface area contributed by atoms with E-state index >= 15 is 0 Å². The fraction of sp³-hybridized carbons (Fsp3) is 0.538. The van der Waals surface area contributed by atoms with E-state index in [-0.39, 0.29) is 5.91 Å². The number of carbonyl (C=O) groups is 2. The molecule has 3 heterocycles. The number of aliphatic carboxylic acids is 1. The Morgan fingerprint density at radius 3 is 2.95 bits per heavy atom. The molecule has 19 heavy (non-hydrogen) atoms. The molecule has 0 aromatic carbocycles. The van der Waals surface area contributed by atoms with Gasteiger partial charge in [-0.2, -0.15) is 11.8 Å². The Labute approximate surface area is 119 Å².